The summed E-state index contributed by atoms with van der Waals surface area (Å²) >= 11 is 5.90. The van der Waals surface area contributed by atoms with Gasteiger partial charge < -0.3 is 10.6 Å². The minimum Gasteiger partial charge on any atom is -0.366 e. The molecule has 0 aliphatic carbocycles. The molecular formula is C12H12ClFN4. The molecule has 0 saturated carbocycles. The van der Waals surface area contributed by atoms with Crippen LogP contribution in [0.3, 0.4) is 0 Å². The van der Waals surface area contributed by atoms with Crippen LogP contribution in [0.25, 0.3) is 0 Å². The molecule has 2 N–H and O–H groups in total. The van der Waals surface area contributed by atoms with Crippen molar-refractivity contribution in [3.05, 3.63) is 41.6 Å². The van der Waals surface area contributed by atoms with Crippen molar-refractivity contribution in [2.75, 3.05) is 23.9 Å². The third kappa shape index (κ3) is 3.30. The first-order valence-corrected chi connectivity index (χ1v) is 5.82. The van der Waals surface area contributed by atoms with Gasteiger partial charge in [0.15, 0.2) is 5.82 Å². The van der Waals surface area contributed by atoms with Crippen molar-refractivity contribution >= 4 is 29.1 Å². The van der Waals surface area contributed by atoms with Gasteiger partial charge in [-0.1, -0.05) is 29.8 Å². The minimum atomic E-state index is -0.484. The van der Waals surface area contributed by atoms with Crippen molar-refractivity contribution in [3.63, 3.8) is 0 Å². The summed E-state index contributed by atoms with van der Waals surface area (Å²) in [6.07, 6.45) is 1.47. The molecule has 1 aromatic heterocycles. The lowest BCUT2D eigenvalue weighted by Gasteiger charge is -2.08. The Morgan fingerprint density at radius 3 is 2.72 bits per heavy atom. The Hall–Kier alpha value is -1.88. The summed E-state index contributed by atoms with van der Waals surface area (Å²) in [7, 11) is 0. The highest BCUT2D eigenvalue weighted by Crippen LogP contribution is 2.20. The van der Waals surface area contributed by atoms with Gasteiger partial charge >= 0.3 is 0 Å². The van der Waals surface area contributed by atoms with Gasteiger partial charge in [0.2, 0.25) is 5.95 Å². The minimum absolute atomic E-state index is 0.168. The van der Waals surface area contributed by atoms with Gasteiger partial charge in [-0.25, -0.2) is 9.37 Å². The summed E-state index contributed by atoms with van der Waals surface area (Å²) in [5, 5.41) is 6.19. The lowest BCUT2D eigenvalue weighted by atomic mass is 10.3. The van der Waals surface area contributed by atoms with Crippen molar-refractivity contribution in [1.29, 1.82) is 0 Å². The van der Waals surface area contributed by atoms with Gasteiger partial charge in [0, 0.05) is 12.2 Å². The van der Waals surface area contributed by atoms with E-state index >= 15 is 0 Å². The van der Waals surface area contributed by atoms with E-state index in [0.29, 0.717) is 16.8 Å². The maximum atomic E-state index is 12.1. The molecule has 1 aromatic carbocycles. The van der Waals surface area contributed by atoms with Crippen LogP contribution < -0.4 is 10.6 Å². The SMILES string of the molecule is FCCNc1nc(Nc2ccccc2)ncc1Cl. The van der Waals surface area contributed by atoms with Gasteiger partial charge in [-0.2, -0.15) is 4.98 Å². The van der Waals surface area contributed by atoms with Crippen molar-refractivity contribution in [1.82, 2.24) is 9.97 Å². The third-order valence-corrected chi connectivity index (χ3v) is 2.44. The summed E-state index contributed by atoms with van der Waals surface area (Å²) in [6.45, 7) is -0.316. The van der Waals surface area contributed by atoms with Gasteiger partial charge in [-0.3, -0.25) is 0 Å². The molecule has 0 bridgehead atoms. The molecular weight excluding hydrogens is 255 g/mol. The number of alkyl halides is 1. The highest BCUT2D eigenvalue weighted by molar-refractivity contribution is 6.32. The summed E-state index contributed by atoms with van der Waals surface area (Å²) in [6, 6.07) is 9.52. The number of para-hydroxylation sites is 1. The molecule has 2 aromatic rings. The molecule has 94 valence electrons. The molecule has 0 aliphatic heterocycles. The summed E-state index contributed by atoms with van der Waals surface area (Å²) in [5.41, 5.74) is 0.872. The van der Waals surface area contributed by atoms with E-state index in [2.05, 4.69) is 20.6 Å². The molecule has 18 heavy (non-hydrogen) atoms. The van der Waals surface area contributed by atoms with E-state index in [4.69, 9.17) is 11.6 Å². The van der Waals surface area contributed by atoms with Crippen molar-refractivity contribution < 1.29 is 4.39 Å². The first kappa shape index (κ1) is 12.6. The number of hydrogen-bond acceptors (Lipinski definition) is 4. The summed E-state index contributed by atoms with van der Waals surface area (Å²) in [4.78, 5) is 8.23. The zero-order valence-corrected chi connectivity index (χ0v) is 10.3. The fourth-order valence-electron chi connectivity index (χ4n) is 1.37. The Morgan fingerprint density at radius 2 is 2.00 bits per heavy atom. The van der Waals surface area contributed by atoms with Crippen molar-refractivity contribution in [2.45, 2.75) is 0 Å². The monoisotopic (exact) mass is 266 g/mol. The van der Waals surface area contributed by atoms with E-state index in [0.717, 1.165) is 5.69 Å². The van der Waals surface area contributed by atoms with Crippen LogP contribution in [0.2, 0.25) is 5.02 Å². The fourth-order valence-corrected chi connectivity index (χ4v) is 1.53. The standard InChI is InChI=1S/C12H12ClFN4/c13-10-8-16-12(18-11(10)15-7-6-14)17-9-4-2-1-3-5-9/h1-5,8H,6-7H2,(H2,15,16,17,18). The number of nitrogens with zero attached hydrogens (tertiary/aromatic N) is 2. The number of benzene rings is 1. The zero-order valence-electron chi connectivity index (χ0n) is 9.53. The van der Waals surface area contributed by atoms with Gasteiger partial charge in [-0.05, 0) is 12.1 Å². The van der Waals surface area contributed by atoms with Gasteiger partial charge in [-0.15, -0.1) is 0 Å². The zero-order chi connectivity index (χ0) is 12.8. The highest BCUT2D eigenvalue weighted by atomic mass is 35.5. The smallest absolute Gasteiger partial charge is 0.229 e. The van der Waals surface area contributed by atoms with Crippen LogP contribution in [0.5, 0.6) is 0 Å². The first-order valence-electron chi connectivity index (χ1n) is 5.44. The Balaban J connectivity index is 2.14. The van der Waals surface area contributed by atoms with Crippen LogP contribution in [-0.4, -0.2) is 23.2 Å². The molecule has 0 amide bonds. The maximum Gasteiger partial charge on any atom is 0.229 e. The van der Waals surface area contributed by atoms with Crippen LogP contribution in [0, 0.1) is 0 Å². The Morgan fingerprint density at radius 1 is 1.22 bits per heavy atom. The molecule has 0 aliphatic rings. The molecule has 0 radical (unpaired) electrons. The van der Waals surface area contributed by atoms with Crippen LogP contribution in [0.15, 0.2) is 36.5 Å². The molecule has 0 atom stereocenters. The number of nitrogens with one attached hydrogen (secondary N) is 2. The highest BCUT2D eigenvalue weighted by Gasteiger charge is 2.05. The molecule has 1 heterocycles. The largest absolute Gasteiger partial charge is 0.366 e. The van der Waals surface area contributed by atoms with Crippen LogP contribution >= 0.6 is 11.6 Å². The molecule has 0 spiro atoms. The number of anilines is 3. The molecule has 0 saturated heterocycles. The number of aromatic nitrogens is 2. The summed E-state index contributed by atoms with van der Waals surface area (Å²) < 4.78 is 12.1. The second-order valence-corrected chi connectivity index (χ2v) is 3.90. The topological polar surface area (TPSA) is 49.8 Å². The molecule has 6 heteroatoms. The lowest BCUT2D eigenvalue weighted by Crippen LogP contribution is -2.07. The van der Waals surface area contributed by atoms with Crippen LogP contribution in [0.4, 0.5) is 21.8 Å². The molecule has 4 nitrogen and oxygen atoms in total. The maximum absolute atomic E-state index is 12.1. The van der Waals surface area contributed by atoms with E-state index in [1.807, 2.05) is 30.3 Å². The molecule has 0 unspecified atom stereocenters. The van der Waals surface area contributed by atoms with E-state index in [1.54, 1.807) is 0 Å². The van der Waals surface area contributed by atoms with Crippen LogP contribution in [-0.2, 0) is 0 Å². The predicted octanol–water partition coefficient (Wildman–Crippen LogP) is 3.26. The van der Waals surface area contributed by atoms with Crippen molar-refractivity contribution in [3.8, 4) is 0 Å². The second kappa shape index (κ2) is 6.16. The number of rotatable bonds is 5. The second-order valence-electron chi connectivity index (χ2n) is 3.50. The molecule has 0 fully saturated rings. The lowest BCUT2D eigenvalue weighted by molar-refractivity contribution is 0.512. The Kier molecular flexibility index (Phi) is 4.30. The average molecular weight is 267 g/mol. The fraction of sp³-hybridized carbons (Fsp3) is 0.167. The average Bonchev–Trinajstić information content (AvgIpc) is 2.40. The van der Waals surface area contributed by atoms with E-state index in [1.165, 1.54) is 6.20 Å². The number of hydrogen-bond donors (Lipinski definition) is 2. The van der Waals surface area contributed by atoms with E-state index in [9.17, 15) is 4.39 Å². The molecule has 2 rings (SSSR count). The Bertz CT molecular complexity index is 507. The van der Waals surface area contributed by atoms with Gasteiger partial charge in [0.25, 0.3) is 0 Å². The quantitative estimate of drug-likeness (QED) is 0.872. The number of halogens is 2. The van der Waals surface area contributed by atoms with E-state index in [-0.39, 0.29) is 6.54 Å². The van der Waals surface area contributed by atoms with E-state index < -0.39 is 6.67 Å². The predicted molar refractivity (Wildman–Crippen MR) is 71.2 cm³/mol. The Labute approximate surface area is 109 Å². The van der Waals surface area contributed by atoms with Gasteiger partial charge in [0.05, 0.1) is 6.20 Å². The first-order chi connectivity index (χ1) is 8.79. The summed E-state index contributed by atoms with van der Waals surface area (Å²) in [5.74, 6) is 0.828. The van der Waals surface area contributed by atoms with Crippen LogP contribution in [0.1, 0.15) is 0 Å². The third-order valence-electron chi connectivity index (χ3n) is 2.16. The normalized spacial score (nSPS) is 10.1. The van der Waals surface area contributed by atoms with Crippen molar-refractivity contribution in [2.24, 2.45) is 0 Å². The van der Waals surface area contributed by atoms with Gasteiger partial charge in [0.1, 0.15) is 11.7 Å².